The number of sulfonamides is 1. The van der Waals surface area contributed by atoms with Gasteiger partial charge in [0.2, 0.25) is 39.6 Å². The first-order valence-corrected chi connectivity index (χ1v) is 29.1. The zero-order valence-corrected chi connectivity index (χ0v) is 49.0. The maximum atomic E-state index is 14.4. The first-order chi connectivity index (χ1) is 37.7. The number of amides is 8. The number of imide groups is 1. The van der Waals surface area contributed by atoms with Crippen molar-refractivity contribution in [2.45, 2.75) is 155 Å². The molecule has 8 N–H and O–H groups in total. The molecule has 0 aliphatic carbocycles. The Balaban J connectivity index is 1.36. The lowest BCUT2D eigenvalue weighted by atomic mass is 9.76. The number of likely N-dealkylation sites (N-methyl/N-ethyl adjacent to an activating group) is 2. The van der Waals surface area contributed by atoms with Crippen molar-refractivity contribution in [1.29, 1.82) is 0 Å². The lowest BCUT2D eigenvalue weighted by Gasteiger charge is -2.40. The van der Waals surface area contributed by atoms with Crippen LogP contribution in [0.5, 0.6) is 0 Å². The quantitative estimate of drug-likeness (QED) is 0.0265. The Labute approximate surface area is 473 Å². The predicted molar refractivity (Wildman–Crippen MR) is 309 cm³/mol. The molecule has 0 aromatic heterocycles. The highest BCUT2D eigenvalue weighted by molar-refractivity contribution is 7.89. The molecule has 3 aromatic rings. The summed E-state index contributed by atoms with van der Waals surface area (Å²) in [7, 11) is -0.925. The van der Waals surface area contributed by atoms with Crippen LogP contribution in [0.1, 0.15) is 123 Å². The van der Waals surface area contributed by atoms with Crippen LogP contribution in [0.2, 0.25) is 0 Å². The summed E-state index contributed by atoms with van der Waals surface area (Å²) in [6, 6.07) is 20.9. The Bertz CT molecular complexity index is 2760. The Morgan fingerprint density at radius 1 is 0.700 bits per heavy atom. The Morgan fingerprint density at radius 2 is 1.30 bits per heavy atom. The van der Waals surface area contributed by atoms with Crippen LogP contribution in [0.25, 0.3) is 0 Å². The molecule has 1 heterocycles. The van der Waals surface area contributed by atoms with Gasteiger partial charge in [-0.3, -0.25) is 43.3 Å². The number of carbonyl (C=O) groups is 8. The number of nitrogens with one attached hydrogen (secondary N) is 6. The van der Waals surface area contributed by atoms with Crippen LogP contribution in [-0.4, -0.2) is 123 Å². The molecule has 19 nitrogen and oxygen atoms in total. The Hall–Kier alpha value is -7.03. The Morgan fingerprint density at radius 3 is 1.88 bits per heavy atom. The van der Waals surface area contributed by atoms with E-state index in [1.54, 1.807) is 44.4 Å². The highest BCUT2D eigenvalue weighted by Crippen LogP contribution is 2.29. The first-order valence-electron chi connectivity index (χ1n) is 27.4. The highest BCUT2D eigenvalue weighted by Gasteiger charge is 2.42. The third-order valence-electron chi connectivity index (χ3n) is 14.2. The van der Waals surface area contributed by atoms with Crippen LogP contribution in [0, 0.1) is 11.3 Å². The molecule has 0 radical (unpaired) electrons. The van der Waals surface area contributed by atoms with E-state index in [9.17, 15) is 46.8 Å². The largest absolute Gasteiger partial charge is 0.350 e. The van der Waals surface area contributed by atoms with Gasteiger partial charge in [-0.05, 0) is 86.2 Å². The standard InChI is InChI=1S/C60H85N9O10S/c1-40(2)48(68(10)58(77)53(59(4,5)6)66-57(76)52(62-9)60(7,8)45-24-16-12-17-25-45)36-41(3)54(73)67-80(78,79)39-44-30-28-43(29-31-44)38-63-55(74)46(26-19-20-34-61)65-56(75)47(37-42-22-14-11-15-23-42)64-49(70)27-18-13-21-35-69-50(71)32-33-51(69)72/h11-12,14-17,22-25,28-33,36,40,46-48,52-53,62H,13,18-21,26-27,34-35,37-39,61H2,1-10H3,(H,63,74)(H,64,70)(H,65,75)(H,66,76)(H,67,73)/b41-36+/t46-,47-,48+,52+,53?/m0/s1. The van der Waals surface area contributed by atoms with E-state index in [-0.39, 0.29) is 73.4 Å². The number of hydrogen-bond donors (Lipinski definition) is 7. The van der Waals surface area contributed by atoms with Crippen molar-refractivity contribution in [1.82, 2.24) is 41.1 Å². The monoisotopic (exact) mass is 1120 g/mol. The van der Waals surface area contributed by atoms with Gasteiger partial charge in [0, 0.05) is 56.1 Å². The minimum absolute atomic E-state index is 0.0381. The summed E-state index contributed by atoms with van der Waals surface area (Å²) < 4.78 is 29.0. The number of nitrogens with two attached hydrogens (primary N) is 1. The van der Waals surface area contributed by atoms with Crippen molar-refractivity contribution in [3.05, 3.63) is 131 Å². The summed E-state index contributed by atoms with van der Waals surface area (Å²) in [5, 5.41) is 14.7. The third-order valence-corrected chi connectivity index (χ3v) is 15.5. The van der Waals surface area contributed by atoms with Gasteiger partial charge in [0.15, 0.2) is 0 Å². The van der Waals surface area contributed by atoms with Crippen LogP contribution >= 0.6 is 0 Å². The molecule has 1 aliphatic rings. The first kappa shape index (κ1) is 65.5. The number of unbranched alkanes of at least 4 members (excludes halogenated alkanes) is 3. The van der Waals surface area contributed by atoms with Gasteiger partial charge in [-0.15, -0.1) is 0 Å². The molecule has 0 bridgehead atoms. The number of benzene rings is 3. The molecule has 5 atom stereocenters. The fourth-order valence-corrected chi connectivity index (χ4v) is 10.6. The van der Waals surface area contributed by atoms with E-state index in [4.69, 9.17) is 5.73 Å². The zero-order valence-electron chi connectivity index (χ0n) is 48.2. The topological polar surface area (TPSA) is 275 Å². The fourth-order valence-electron chi connectivity index (χ4n) is 9.45. The van der Waals surface area contributed by atoms with Crippen molar-refractivity contribution in [3.63, 3.8) is 0 Å². The summed E-state index contributed by atoms with van der Waals surface area (Å²) in [6.45, 7) is 15.4. The van der Waals surface area contributed by atoms with Gasteiger partial charge in [-0.25, -0.2) is 13.1 Å². The number of rotatable bonds is 31. The van der Waals surface area contributed by atoms with Crippen LogP contribution in [0.4, 0.5) is 0 Å². The molecule has 436 valence electrons. The SMILES string of the molecule is CN[C@H](C(=O)NC(C(=O)N(C)[C@H](/C=C(\C)C(=O)NS(=O)(=O)Cc1ccc(CNC(=O)[C@H](CCCCN)NC(=O)[C@H](Cc2ccccc2)NC(=O)CCCCCN2C(=O)C=CC2=O)cc1)C(C)C)C(C)(C)C)C(C)(C)c1ccccc1. The second-order valence-electron chi connectivity index (χ2n) is 22.5. The normalized spacial score (nSPS) is 14.9. The maximum absolute atomic E-state index is 14.4. The van der Waals surface area contributed by atoms with E-state index in [0.29, 0.717) is 49.8 Å². The van der Waals surface area contributed by atoms with E-state index in [1.165, 1.54) is 24.0 Å². The average Bonchev–Trinajstić information content (AvgIpc) is 3.79. The van der Waals surface area contributed by atoms with E-state index in [1.807, 2.05) is 109 Å². The third kappa shape index (κ3) is 20.0. The highest BCUT2D eigenvalue weighted by atomic mass is 32.2. The smallest absolute Gasteiger partial charge is 0.260 e. The number of carbonyl (C=O) groups excluding carboxylic acids is 8. The molecule has 0 saturated carbocycles. The summed E-state index contributed by atoms with van der Waals surface area (Å²) in [4.78, 5) is 109. The number of nitrogens with zero attached hydrogens (tertiary/aromatic N) is 2. The molecule has 0 fully saturated rings. The molecule has 8 amide bonds. The molecule has 20 heteroatoms. The van der Waals surface area contributed by atoms with Crippen molar-refractivity contribution in [2.24, 2.45) is 17.1 Å². The molecule has 0 spiro atoms. The summed E-state index contributed by atoms with van der Waals surface area (Å²) in [5.74, 6) is -4.46. The average molecular weight is 1120 g/mol. The lowest BCUT2D eigenvalue weighted by Crippen LogP contribution is -2.61. The maximum Gasteiger partial charge on any atom is 0.260 e. The van der Waals surface area contributed by atoms with Gasteiger partial charge >= 0.3 is 0 Å². The summed E-state index contributed by atoms with van der Waals surface area (Å²) in [5.41, 5.74) is 7.19. The fraction of sp³-hybridized carbons (Fsp3) is 0.500. The number of hydrogen-bond acceptors (Lipinski definition) is 12. The van der Waals surface area contributed by atoms with Crippen molar-refractivity contribution >= 4 is 57.3 Å². The van der Waals surface area contributed by atoms with Crippen molar-refractivity contribution in [3.8, 4) is 0 Å². The van der Waals surface area contributed by atoms with Gasteiger partial charge in [0.05, 0.1) is 17.8 Å². The molecule has 1 aliphatic heterocycles. The van der Waals surface area contributed by atoms with Gasteiger partial charge in [-0.1, -0.05) is 146 Å². The second-order valence-corrected chi connectivity index (χ2v) is 24.2. The van der Waals surface area contributed by atoms with Crippen molar-refractivity contribution in [2.75, 3.05) is 27.2 Å². The van der Waals surface area contributed by atoms with Crippen LogP contribution in [0.3, 0.4) is 0 Å². The van der Waals surface area contributed by atoms with E-state index in [2.05, 4.69) is 31.3 Å². The summed E-state index contributed by atoms with van der Waals surface area (Å²) >= 11 is 0. The minimum Gasteiger partial charge on any atom is -0.350 e. The van der Waals surface area contributed by atoms with Gasteiger partial charge < -0.3 is 37.2 Å². The Kier molecular flexibility index (Phi) is 25.0. The van der Waals surface area contributed by atoms with E-state index in [0.717, 1.165) is 16.0 Å². The van der Waals surface area contributed by atoms with Crippen LogP contribution < -0.4 is 37.0 Å². The van der Waals surface area contributed by atoms with Gasteiger partial charge in [-0.2, -0.15) is 0 Å². The van der Waals surface area contributed by atoms with Crippen molar-refractivity contribution < 1.29 is 46.8 Å². The molecule has 1 unspecified atom stereocenters. The molecular weight excluding hydrogens is 1040 g/mol. The van der Waals surface area contributed by atoms with E-state index < -0.39 is 74.5 Å². The molecule has 80 heavy (non-hydrogen) atoms. The molecular formula is C60H85N9O10S. The zero-order chi connectivity index (χ0) is 59.4. The van der Waals surface area contributed by atoms with Crippen LogP contribution in [-0.2, 0) is 72.5 Å². The van der Waals surface area contributed by atoms with Crippen LogP contribution in [0.15, 0.2) is 109 Å². The lowest BCUT2D eigenvalue weighted by molar-refractivity contribution is -0.141. The minimum atomic E-state index is -4.23. The molecule has 4 rings (SSSR count). The summed E-state index contributed by atoms with van der Waals surface area (Å²) in [6.07, 6.45) is 7.24. The predicted octanol–water partition coefficient (Wildman–Crippen LogP) is 4.60. The van der Waals surface area contributed by atoms with E-state index >= 15 is 0 Å². The molecule has 3 aromatic carbocycles. The molecule has 0 saturated heterocycles. The second kappa shape index (κ2) is 30.5. The van der Waals surface area contributed by atoms with Gasteiger partial charge in [0.1, 0.15) is 18.1 Å². The van der Waals surface area contributed by atoms with Gasteiger partial charge in [0.25, 0.3) is 17.7 Å².